The summed E-state index contributed by atoms with van der Waals surface area (Å²) in [4.78, 5) is 17.9. The zero-order valence-corrected chi connectivity index (χ0v) is 19.5. The smallest absolute Gasteiger partial charge is 0.232 e. The Labute approximate surface area is 200 Å². The molecule has 0 saturated heterocycles. The predicted molar refractivity (Wildman–Crippen MR) is 131 cm³/mol. The summed E-state index contributed by atoms with van der Waals surface area (Å²) in [5.41, 5.74) is 5.30. The van der Waals surface area contributed by atoms with E-state index < -0.39 is 5.41 Å². The highest BCUT2D eigenvalue weighted by molar-refractivity contribution is 7.13. The van der Waals surface area contributed by atoms with E-state index in [0.29, 0.717) is 5.13 Å². The average Bonchev–Trinajstić information content (AvgIpc) is 3.50. The van der Waals surface area contributed by atoms with Crippen molar-refractivity contribution in [3.8, 4) is 11.3 Å². The minimum atomic E-state index is -0.804. The monoisotopic (exact) mass is 471 g/mol. The molecule has 3 aromatic heterocycles. The van der Waals surface area contributed by atoms with Crippen molar-refractivity contribution in [2.45, 2.75) is 19.8 Å². The molecule has 1 amide bonds. The van der Waals surface area contributed by atoms with Crippen molar-refractivity contribution < 1.29 is 9.18 Å². The summed E-state index contributed by atoms with van der Waals surface area (Å²) in [7, 11) is 0. The van der Waals surface area contributed by atoms with Gasteiger partial charge in [0.1, 0.15) is 11.3 Å². The van der Waals surface area contributed by atoms with Crippen molar-refractivity contribution >= 4 is 27.9 Å². The first-order chi connectivity index (χ1) is 16.4. The fraction of sp³-hybridized carbons (Fsp3) is 0.154. The van der Waals surface area contributed by atoms with Gasteiger partial charge in [-0.05, 0) is 41.5 Å². The number of halogens is 1. The van der Waals surface area contributed by atoms with E-state index in [2.05, 4.69) is 20.5 Å². The number of imidazole rings is 1. The molecular formula is C26H22FN5OS. The largest absolute Gasteiger partial charge is 0.305 e. The van der Waals surface area contributed by atoms with Gasteiger partial charge in [-0.2, -0.15) is 0 Å². The van der Waals surface area contributed by atoms with E-state index in [1.165, 1.54) is 23.5 Å². The fourth-order valence-corrected chi connectivity index (χ4v) is 4.75. The number of fused-ring (bicyclic) bond motifs is 1. The van der Waals surface area contributed by atoms with Crippen LogP contribution in [0, 0.1) is 11.2 Å². The van der Waals surface area contributed by atoms with E-state index in [-0.39, 0.29) is 17.6 Å². The second kappa shape index (κ2) is 8.79. The first-order valence-corrected chi connectivity index (χ1v) is 11.7. The van der Waals surface area contributed by atoms with Crippen LogP contribution in [-0.4, -0.2) is 25.5 Å². The maximum atomic E-state index is 13.4. The third-order valence-electron chi connectivity index (χ3n) is 6.03. The molecule has 5 rings (SSSR count). The molecule has 0 spiro atoms. The molecule has 8 heteroatoms. The molecular weight excluding hydrogens is 449 g/mol. The molecule has 1 atom stereocenters. The van der Waals surface area contributed by atoms with Crippen LogP contribution in [0.5, 0.6) is 0 Å². The summed E-state index contributed by atoms with van der Waals surface area (Å²) in [6, 6.07) is 20.3. The number of carbonyl (C=O) groups excluding carboxylic acids is 1. The fourth-order valence-electron chi connectivity index (χ4n) is 4.31. The summed E-state index contributed by atoms with van der Waals surface area (Å²) in [6.07, 6.45) is 3.75. The number of anilines is 1. The molecule has 6 nitrogen and oxygen atoms in total. The van der Waals surface area contributed by atoms with Crippen LogP contribution in [0.4, 0.5) is 9.52 Å². The van der Waals surface area contributed by atoms with E-state index in [1.54, 1.807) is 24.0 Å². The molecule has 0 bridgehead atoms. The van der Waals surface area contributed by atoms with Crippen LogP contribution in [0.3, 0.4) is 0 Å². The quantitative estimate of drug-likeness (QED) is 0.340. The minimum absolute atomic E-state index is 0.143. The molecule has 0 saturated carbocycles. The lowest BCUT2D eigenvalue weighted by atomic mass is 9.71. The van der Waals surface area contributed by atoms with Crippen molar-refractivity contribution in [1.29, 1.82) is 0 Å². The van der Waals surface area contributed by atoms with Crippen molar-refractivity contribution in [2.24, 2.45) is 5.41 Å². The molecule has 5 aromatic rings. The van der Waals surface area contributed by atoms with Gasteiger partial charge in [0.25, 0.3) is 0 Å². The van der Waals surface area contributed by atoms with Crippen LogP contribution >= 0.6 is 11.3 Å². The maximum Gasteiger partial charge on any atom is 0.232 e. The third-order valence-corrected chi connectivity index (χ3v) is 6.63. The molecule has 0 aliphatic rings. The number of amides is 1. The Morgan fingerprint density at radius 1 is 1.03 bits per heavy atom. The molecule has 0 aliphatic heterocycles. The van der Waals surface area contributed by atoms with Gasteiger partial charge in [-0.25, -0.2) is 9.37 Å². The van der Waals surface area contributed by atoms with Gasteiger partial charge in [0, 0.05) is 17.7 Å². The molecule has 170 valence electrons. The number of rotatable bonds is 6. The average molecular weight is 472 g/mol. The standard InChI is InChI=1S/C26H22FN5OS/c1-26(2,24(33)30-25-31-29-16-34-25)22(17-6-4-3-5-7-17)19-10-13-21-23(28-15-32(21)14-19)18-8-11-20(27)12-9-18/h3-16,22H,1-2H3,(H,30,31,33)/t22-/m0/s1. The Morgan fingerprint density at radius 3 is 2.50 bits per heavy atom. The van der Waals surface area contributed by atoms with Crippen LogP contribution in [0.1, 0.15) is 30.9 Å². The zero-order valence-electron chi connectivity index (χ0n) is 18.6. The SMILES string of the molecule is CC(C)(C(=O)Nc1nncs1)[C@@H](c1ccccc1)c1ccc2c(-c3ccc(F)cc3)ncn2c1. The van der Waals surface area contributed by atoms with Gasteiger partial charge in [-0.3, -0.25) is 4.79 Å². The number of hydrogen-bond acceptors (Lipinski definition) is 5. The van der Waals surface area contributed by atoms with Crippen LogP contribution in [0.2, 0.25) is 0 Å². The van der Waals surface area contributed by atoms with Gasteiger partial charge >= 0.3 is 0 Å². The third kappa shape index (κ3) is 4.08. The number of carbonyl (C=O) groups is 1. The highest BCUT2D eigenvalue weighted by atomic mass is 32.1. The van der Waals surface area contributed by atoms with Crippen LogP contribution in [-0.2, 0) is 4.79 Å². The molecule has 0 unspecified atom stereocenters. The first-order valence-electron chi connectivity index (χ1n) is 10.8. The summed E-state index contributed by atoms with van der Waals surface area (Å²) in [5, 5.41) is 11.1. The molecule has 34 heavy (non-hydrogen) atoms. The Balaban J connectivity index is 1.57. The van der Waals surface area contributed by atoms with E-state index in [0.717, 1.165) is 27.9 Å². The van der Waals surface area contributed by atoms with Gasteiger partial charge in [0.15, 0.2) is 0 Å². The van der Waals surface area contributed by atoms with Gasteiger partial charge in [0.2, 0.25) is 11.0 Å². The molecule has 0 radical (unpaired) electrons. The lowest BCUT2D eigenvalue weighted by Crippen LogP contribution is -2.37. The Morgan fingerprint density at radius 2 is 1.79 bits per heavy atom. The lowest BCUT2D eigenvalue weighted by Gasteiger charge is -2.33. The number of nitrogens with zero attached hydrogens (tertiary/aromatic N) is 4. The van der Waals surface area contributed by atoms with Gasteiger partial charge < -0.3 is 9.72 Å². The van der Waals surface area contributed by atoms with E-state index in [1.807, 2.05) is 66.9 Å². The molecule has 0 aliphatic carbocycles. The highest BCUT2D eigenvalue weighted by Gasteiger charge is 2.39. The molecule has 2 aromatic carbocycles. The van der Waals surface area contributed by atoms with Gasteiger partial charge in [-0.15, -0.1) is 10.2 Å². The molecule has 0 fully saturated rings. The number of benzene rings is 2. The van der Waals surface area contributed by atoms with E-state index in [9.17, 15) is 9.18 Å². The maximum absolute atomic E-state index is 13.4. The zero-order chi connectivity index (χ0) is 23.7. The summed E-state index contributed by atoms with van der Waals surface area (Å²) >= 11 is 1.28. The first kappa shape index (κ1) is 21.9. The van der Waals surface area contributed by atoms with Crippen molar-refractivity contribution in [2.75, 3.05) is 5.32 Å². The number of aromatic nitrogens is 4. The number of pyridine rings is 1. The molecule has 3 heterocycles. The van der Waals surface area contributed by atoms with Crippen molar-refractivity contribution in [3.63, 3.8) is 0 Å². The Bertz CT molecular complexity index is 1430. The summed E-state index contributed by atoms with van der Waals surface area (Å²) in [5.74, 6) is -0.659. The minimum Gasteiger partial charge on any atom is -0.305 e. The topological polar surface area (TPSA) is 72.2 Å². The lowest BCUT2D eigenvalue weighted by molar-refractivity contribution is -0.124. The number of hydrogen-bond donors (Lipinski definition) is 1. The summed E-state index contributed by atoms with van der Waals surface area (Å²) < 4.78 is 15.3. The van der Waals surface area contributed by atoms with Crippen molar-refractivity contribution in [3.05, 3.63) is 102 Å². The van der Waals surface area contributed by atoms with E-state index in [4.69, 9.17) is 0 Å². The van der Waals surface area contributed by atoms with Gasteiger partial charge in [0.05, 0.1) is 23.0 Å². The Hall–Kier alpha value is -3.91. The van der Waals surface area contributed by atoms with Crippen molar-refractivity contribution in [1.82, 2.24) is 19.6 Å². The van der Waals surface area contributed by atoms with Crippen LogP contribution in [0.25, 0.3) is 16.8 Å². The Kier molecular flexibility index (Phi) is 5.67. The second-order valence-electron chi connectivity index (χ2n) is 8.62. The van der Waals surface area contributed by atoms with Crippen LogP contribution < -0.4 is 5.32 Å². The normalized spacial score (nSPS) is 12.6. The highest BCUT2D eigenvalue weighted by Crippen LogP contribution is 2.42. The molecule has 1 N–H and O–H groups in total. The van der Waals surface area contributed by atoms with E-state index >= 15 is 0 Å². The predicted octanol–water partition coefficient (Wildman–Crippen LogP) is 5.79. The van der Waals surface area contributed by atoms with Gasteiger partial charge in [-0.1, -0.05) is 61.6 Å². The van der Waals surface area contributed by atoms with Crippen LogP contribution in [0.15, 0.2) is 84.8 Å². The second-order valence-corrected chi connectivity index (χ2v) is 9.45. The summed E-state index contributed by atoms with van der Waals surface area (Å²) in [6.45, 7) is 3.87. The number of nitrogens with one attached hydrogen (secondary N) is 1.